The summed E-state index contributed by atoms with van der Waals surface area (Å²) in [6.45, 7) is 38.6. The van der Waals surface area contributed by atoms with Crippen LogP contribution in [0.2, 0.25) is 0 Å². The normalized spacial score (nSPS) is 33.4. The van der Waals surface area contributed by atoms with Gasteiger partial charge in [-0.15, -0.1) is 13.2 Å². The number of hydrogen-bond acceptors (Lipinski definition) is 13. The van der Waals surface area contributed by atoms with Gasteiger partial charge < -0.3 is 20.3 Å². The van der Waals surface area contributed by atoms with Gasteiger partial charge in [0.1, 0.15) is 5.60 Å². The summed E-state index contributed by atoms with van der Waals surface area (Å²) in [5.74, 6) is -3.85. The molecule has 4 amide bonds. The summed E-state index contributed by atoms with van der Waals surface area (Å²) < 4.78 is 61.7. The van der Waals surface area contributed by atoms with Crippen LogP contribution in [0.5, 0.6) is 0 Å². The van der Waals surface area contributed by atoms with Crippen molar-refractivity contribution in [3.8, 4) is 0 Å². The van der Waals surface area contributed by atoms with Crippen LogP contribution < -0.4 is 15.2 Å². The SMILES string of the molecule is C=C[C@@H]1C[C@]1(CC(=O)[C@@H]1C[C@@]2(CN1C(=O)[C@@H](CC(=O)OC(C)(C)C)C(C)(C)C)C(C)(C)C21CCC1)C(=O)NS(=O)(=O)C1(CCC)CC1.C=C[C@@H]1C[C@]1(CC(=O)[C@@H]1C[C@@]2(CN1C(=O)[C@@H](N)C(C)(C)C)C(C)(C)C21CCC1)C(=O)NS(=O)(=O)C1(CCC)CC1. The van der Waals surface area contributed by atoms with E-state index in [1.807, 2.05) is 55.4 Å². The summed E-state index contributed by atoms with van der Waals surface area (Å²) in [4.78, 5) is 101. The first-order valence-corrected chi connectivity index (χ1v) is 35.9. The van der Waals surface area contributed by atoms with E-state index >= 15 is 0 Å². The lowest BCUT2D eigenvalue weighted by Crippen LogP contribution is -2.54. The second kappa shape index (κ2) is 21.3. The number of likely N-dealkylation sites (tertiary alicyclic amines) is 2. The summed E-state index contributed by atoms with van der Waals surface area (Å²) in [6, 6.07) is -2.18. The minimum atomic E-state index is -3.90. The van der Waals surface area contributed by atoms with E-state index in [9.17, 15) is 50.4 Å². The molecule has 87 heavy (non-hydrogen) atoms. The lowest BCUT2D eigenvalue weighted by Gasteiger charge is -2.36. The highest BCUT2D eigenvalue weighted by Crippen LogP contribution is 2.89. The van der Waals surface area contributed by atoms with Crippen molar-refractivity contribution in [3.63, 3.8) is 0 Å². The molecule has 17 nitrogen and oxygen atoms in total. The molecule has 4 spiro atoms. The van der Waals surface area contributed by atoms with Crippen LogP contribution in [0.3, 0.4) is 0 Å². The van der Waals surface area contributed by atoms with Crippen molar-refractivity contribution in [3.05, 3.63) is 25.3 Å². The number of allylic oxidation sites excluding steroid dienone is 2. The first-order chi connectivity index (χ1) is 39.9. The van der Waals surface area contributed by atoms with Gasteiger partial charge in [-0.1, -0.05) is 121 Å². The Labute approximate surface area is 520 Å². The van der Waals surface area contributed by atoms with E-state index in [0.29, 0.717) is 83.7 Å². The minimum Gasteiger partial charge on any atom is -0.460 e. The maximum absolute atomic E-state index is 14.6. The van der Waals surface area contributed by atoms with Crippen molar-refractivity contribution in [2.24, 2.45) is 77.6 Å². The van der Waals surface area contributed by atoms with E-state index < -0.39 is 98.6 Å². The van der Waals surface area contributed by atoms with Gasteiger partial charge in [0.05, 0.1) is 50.8 Å². The lowest BCUT2D eigenvalue weighted by atomic mass is 9.73. The zero-order valence-corrected chi connectivity index (χ0v) is 57.1. The molecule has 0 unspecified atom stereocenters. The molecule has 488 valence electrons. The molecule has 10 atom stereocenters. The Morgan fingerprint density at radius 2 is 0.943 bits per heavy atom. The van der Waals surface area contributed by atoms with Gasteiger partial charge in [-0.3, -0.25) is 43.0 Å². The summed E-state index contributed by atoms with van der Waals surface area (Å²) in [5.41, 5.74) is 2.18. The standard InChI is InChI=1S/C37H58N2O7S.C31H49N3O5S/c1-11-14-34(17-18-34)47(44,45)38-30(43)35(20-24(35)12-2)22-27(40)26-21-37(33(9,10)36(37)15-13-16-36)23-39(26)29(42)25(31(3,4)5)19-28(41)46-32(6,7)8;1-8-11-28(14-15-28)40(38,39)33-25(37)29(16-20(29)9-2)18-22(35)21-17-31(27(6,7)30(31)12-10-13-30)19-34(21)24(36)23(32)26(3,4)5/h12,24-26H,2,11,13-23H2,1,3-10H3,(H,38,43);9,20-21,23H,2,8,10-19,32H2,1,3-7H3,(H,33,37)/t24-,25-,26+,35-,37-;20-,21+,23-,29-,31-/m11/s1. The number of nitrogens with one attached hydrogen (secondary N) is 2. The van der Waals surface area contributed by atoms with Crippen molar-refractivity contribution in [2.45, 2.75) is 272 Å². The minimum absolute atomic E-state index is 0.0157. The molecule has 0 aromatic carbocycles. The highest BCUT2D eigenvalue weighted by Gasteiger charge is 2.86. The Hall–Kier alpha value is -3.97. The number of nitrogens with zero attached hydrogens (tertiary/aromatic N) is 2. The number of fused-ring (bicyclic) bond motifs is 2. The van der Waals surface area contributed by atoms with Crippen LogP contribution in [0.15, 0.2) is 25.3 Å². The molecule has 0 radical (unpaired) electrons. The molecular weight excluding hydrogens is 1140 g/mol. The summed E-state index contributed by atoms with van der Waals surface area (Å²) in [5, 5.41) is 0. The van der Waals surface area contributed by atoms with Gasteiger partial charge in [0.25, 0.3) is 0 Å². The van der Waals surface area contributed by atoms with Gasteiger partial charge in [0.2, 0.25) is 43.7 Å². The van der Waals surface area contributed by atoms with Crippen LogP contribution >= 0.6 is 0 Å². The Kier molecular flexibility index (Phi) is 16.5. The number of sulfonamides is 2. The number of amides is 4. The lowest BCUT2D eigenvalue weighted by molar-refractivity contribution is -0.161. The summed E-state index contributed by atoms with van der Waals surface area (Å²) in [6.07, 6.45) is 15.9. The first-order valence-electron chi connectivity index (χ1n) is 32.9. The third-order valence-electron chi connectivity index (χ3n) is 25.6. The number of hydrogen-bond donors (Lipinski definition) is 3. The Balaban J connectivity index is 0.000000210. The third-order valence-corrected chi connectivity index (χ3v) is 30.0. The predicted molar refractivity (Wildman–Crippen MR) is 335 cm³/mol. The molecule has 10 aliphatic rings. The van der Waals surface area contributed by atoms with Gasteiger partial charge in [-0.25, -0.2) is 16.8 Å². The van der Waals surface area contributed by atoms with E-state index in [2.05, 4.69) is 50.3 Å². The number of rotatable bonds is 22. The molecular formula is C68H107N5O12S2. The summed E-state index contributed by atoms with van der Waals surface area (Å²) in [7, 11) is -7.76. The molecule has 2 heterocycles. The van der Waals surface area contributed by atoms with Crippen LogP contribution in [-0.2, 0) is 58.3 Å². The van der Waals surface area contributed by atoms with Crippen LogP contribution in [0.1, 0.15) is 239 Å². The van der Waals surface area contributed by atoms with Gasteiger partial charge >= 0.3 is 5.97 Å². The number of esters is 1. The van der Waals surface area contributed by atoms with Crippen molar-refractivity contribution >= 4 is 61.2 Å². The number of nitrogens with two attached hydrogens (primary N) is 1. The van der Waals surface area contributed by atoms with Crippen LogP contribution in [0.4, 0.5) is 0 Å². The molecule has 10 rings (SSSR count). The Morgan fingerprint density at radius 3 is 1.21 bits per heavy atom. The average Bonchev–Trinajstić information content (AvgIpc) is 1.46. The fourth-order valence-electron chi connectivity index (χ4n) is 18.7. The Morgan fingerprint density at radius 1 is 0.575 bits per heavy atom. The van der Waals surface area contributed by atoms with Crippen LogP contribution in [0, 0.1) is 71.9 Å². The molecule has 0 bridgehead atoms. The fourth-order valence-corrected chi connectivity index (χ4v) is 22.2. The number of ketones is 2. The number of ether oxygens (including phenoxy) is 1. The first kappa shape index (κ1) is 67.4. The third kappa shape index (κ3) is 10.4. The van der Waals surface area contributed by atoms with Crippen LogP contribution in [0.25, 0.3) is 0 Å². The van der Waals surface area contributed by atoms with E-state index in [1.165, 1.54) is 0 Å². The van der Waals surface area contributed by atoms with Crippen molar-refractivity contribution in [2.75, 3.05) is 13.1 Å². The van der Waals surface area contributed by atoms with Crippen molar-refractivity contribution < 1.29 is 55.1 Å². The van der Waals surface area contributed by atoms with Gasteiger partial charge in [0.15, 0.2) is 11.6 Å². The number of Topliss-reactive ketones (excluding diaryl/α,β-unsaturated/α-hetero) is 2. The summed E-state index contributed by atoms with van der Waals surface area (Å²) >= 11 is 0. The zero-order valence-electron chi connectivity index (χ0n) is 55.5. The molecule has 2 aliphatic heterocycles. The van der Waals surface area contributed by atoms with Gasteiger partial charge in [-0.05, 0) is 155 Å². The van der Waals surface area contributed by atoms with Gasteiger partial charge in [0, 0.05) is 36.8 Å². The number of carbonyl (C=O) groups excluding carboxylic acids is 7. The topological polar surface area (TPSA) is 254 Å². The molecule has 8 aliphatic carbocycles. The van der Waals surface area contributed by atoms with E-state index in [4.69, 9.17) is 10.5 Å². The van der Waals surface area contributed by atoms with E-state index in [1.54, 1.807) is 42.7 Å². The number of carbonyl (C=O) groups is 7. The molecule has 2 saturated heterocycles. The molecule has 10 fully saturated rings. The van der Waals surface area contributed by atoms with Crippen LogP contribution in [-0.4, -0.2) is 114 Å². The zero-order chi connectivity index (χ0) is 65.0. The highest BCUT2D eigenvalue weighted by atomic mass is 32.2. The quantitative estimate of drug-likeness (QED) is 0.0674. The maximum atomic E-state index is 14.6. The molecule has 0 aromatic rings. The highest BCUT2D eigenvalue weighted by molar-refractivity contribution is 7.92. The van der Waals surface area contributed by atoms with Crippen molar-refractivity contribution in [1.82, 2.24) is 19.2 Å². The maximum Gasteiger partial charge on any atom is 0.307 e. The largest absolute Gasteiger partial charge is 0.460 e. The molecule has 0 aromatic heterocycles. The molecule has 4 N–H and O–H groups in total. The fraction of sp³-hybridized carbons (Fsp3) is 0.838. The molecule has 19 heteroatoms. The second-order valence-corrected chi connectivity index (χ2v) is 37.8. The van der Waals surface area contributed by atoms with Crippen molar-refractivity contribution in [1.29, 1.82) is 0 Å². The molecule has 8 saturated carbocycles. The van der Waals surface area contributed by atoms with E-state index in [-0.39, 0.29) is 87.0 Å². The Bertz CT molecular complexity index is 3110. The van der Waals surface area contributed by atoms with E-state index in [0.717, 1.165) is 44.9 Å². The average molecular weight is 1250 g/mol. The van der Waals surface area contributed by atoms with Gasteiger partial charge in [-0.2, -0.15) is 0 Å². The second-order valence-electron chi connectivity index (χ2n) is 33.6. The predicted octanol–water partition coefficient (Wildman–Crippen LogP) is 10.2. The smallest absolute Gasteiger partial charge is 0.307 e. The monoisotopic (exact) mass is 1250 g/mol.